The zero-order chi connectivity index (χ0) is 3.58. The number of hydrogen-bond acceptors (Lipinski definition) is 1. The van der Waals surface area contributed by atoms with Gasteiger partial charge in [-0.1, -0.05) is 0 Å². The van der Waals surface area contributed by atoms with Crippen LogP contribution in [0.2, 0.25) is 0 Å². The minimum atomic E-state index is -1.08. The van der Waals surface area contributed by atoms with E-state index < -0.39 is 5.97 Å². The molecule has 0 atom stereocenters. The van der Waals surface area contributed by atoms with Gasteiger partial charge in [-0.3, -0.25) is 4.79 Å². The molecule has 0 heterocycles. The second-order valence-corrected chi connectivity index (χ2v) is 0.394. The van der Waals surface area contributed by atoms with E-state index in [0.29, 0.717) is 0 Å². The molecular weight excluding hydrogens is 164 g/mol. The Bertz CT molecular complexity index is 30.6. The van der Waals surface area contributed by atoms with Gasteiger partial charge in [-0.05, 0) is 0 Å². The number of hydrogen-bond donors (Lipinski definition) is 1. The second-order valence-electron chi connectivity index (χ2n) is 0.394. The van der Waals surface area contributed by atoms with E-state index in [1.54, 1.807) is 0 Å². The monoisotopic (exact) mass is 166 g/mol. The van der Waals surface area contributed by atoms with E-state index >= 15 is 0 Å². The summed E-state index contributed by atoms with van der Waals surface area (Å²) in [5, 5.41) is 7.31. The van der Waals surface area contributed by atoms with Crippen LogP contribution in [-0.4, -0.2) is 11.1 Å². The van der Waals surface area contributed by atoms with Crippen LogP contribution in [0.1, 0.15) is 0 Å². The Hall–Kier alpha value is 0.210. The molecule has 0 unspecified atom stereocenters. The largest absolute Gasteiger partial charge is 0.481 e. The summed E-state index contributed by atoms with van der Waals surface area (Å²) < 4.78 is 0. The van der Waals surface area contributed by atoms with E-state index in [1.165, 1.54) is 0 Å². The first-order valence-corrected chi connectivity index (χ1v) is 0.781. The smallest absolute Gasteiger partial charge is 0.303 e. The molecule has 0 saturated heterocycles. The minimum absolute atomic E-state index is 0. The zero-order valence-corrected chi connectivity index (χ0v) is 3.85. The van der Waals surface area contributed by atoms with Crippen LogP contribution in [0.3, 0.4) is 0 Å². The SMILES string of the molecule is [Ag].[CH2]C(=O)O. The van der Waals surface area contributed by atoms with Crippen LogP contribution in [-0.2, 0) is 27.2 Å². The molecule has 0 spiro atoms. The first-order chi connectivity index (χ1) is 1.73. The van der Waals surface area contributed by atoms with Crippen molar-refractivity contribution < 1.29 is 32.3 Å². The standard InChI is InChI=1S/C2H3O2.Ag/c1-2(3)4;/h1H2,(H,3,4);. The molecule has 1 N–H and O–H groups in total. The Labute approximate surface area is 45.7 Å². The van der Waals surface area contributed by atoms with Gasteiger partial charge in [0.25, 0.3) is 0 Å². The molecule has 34 valence electrons. The summed E-state index contributed by atoms with van der Waals surface area (Å²) in [6.07, 6.45) is 0. The van der Waals surface area contributed by atoms with Gasteiger partial charge in [-0.25, -0.2) is 0 Å². The molecule has 0 aliphatic rings. The molecular formula is C2H3AgO2. The predicted molar refractivity (Wildman–Crippen MR) is 13.0 cm³/mol. The van der Waals surface area contributed by atoms with Crippen LogP contribution < -0.4 is 0 Å². The predicted octanol–water partition coefficient (Wildman–Crippen LogP) is -0.0974. The van der Waals surface area contributed by atoms with Gasteiger partial charge in [-0.15, -0.1) is 0 Å². The molecule has 0 amide bonds. The Morgan fingerprint density at radius 3 is 1.80 bits per heavy atom. The maximum Gasteiger partial charge on any atom is 0.303 e. The van der Waals surface area contributed by atoms with Crippen molar-refractivity contribution in [2.45, 2.75) is 0 Å². The Kier molecular flexibility index (Phi) is 7.55. The molecule has 0 aliphatic carbocycles. The average Bonchev–Trinajstić information content (AvgIpc) is 0.811. The number of carbonyl (C=O) groups is 1. The van der Waals surface area contributed by atoms with Crippen LogP contribution in [0.15, 0.2) is 0 Å². The summed E-state index contributed by atoms with van der Waals surface area (Å²) in [6.45, 7) is 2.56. The van der Waals surface area contributed by atoms with Gasteiger partial charge in [0.15, 0.2) is 0 Å². The number of aliphatic carboxylic acids is 1. The third-order valence-electron chi connectivity index (χ3n) is 0. The number of carboxylic acids is 1. The van der Waals surface area contributed by atoms with Gasteiger partial charge >= 0.3 is 5.97 Å². The molecule has 0 fully saturated rings. The van der Waals surface area contributed by atoms with E-state index in [4.69, 9.17) is 9.90 Å². The average molecular weight is 167 g/mol. The molecule has 0 rings (SSSR count). The Morgan fingerprint density at radius 1 is 1.80 bits per heavy atom. The van der Waals surface area contributed by atoms with Crippen LogP contribution in [0.4, 0.5) is 0 Å². The summed E-state index contributed by atoms with van der Waals surface area (Å²) in [6, 6.07) is 0. The van der Waals surface area contributed by atoms with Crippen LogP contribution in [0, 0.1) is 6.92 Å². The van der Waals surface area contributed by atoms with Crippen molar-refractivity contribution in [2.24, 2.45) is 0 Å². The van der Waals surface area contributed by atoms with E-state index in [2.05, 4.69) is 6.92 Å². The molecule has 0 aromatic heterocycles. The van der Waals surface area contributed by atoms with E-state index in [1.807, 2.05) is 0 Å². The van der Waals surface area contributed by atoms with Crippen molar-refractivity contribution in [1.82, 2.24) is 0 Å². The van der Waals surface area contributed by atoms with Gasteiger partial charge in [0.2, 0.25) is 0 Å². The van der Waals surface area contributed by atoms with E-state index in [-0.39, 0.29) is 22.4 Å². The third kappa shape index (κ3) is 465. The second kappa shape index (κ2) is 4.21. The quantitative estimate of drug-likeness (QED) is 0.511. The summed E-state index contributed by atoms with van der Waals surface area (Å²) >= 11 is 0. The first-order valence-electron chi connectivity index (χ1n) is 0.781. The fourth-order valence-corrected chi connectivity index (χ4v) is 0. The van der Waals surface area contributed by atoms with Crippen molar-refractivity contribution >= 4 is 5.97 Å². The summed E-state index contributed by atoms with van der Waals surface area (Å²) in [5.74, 6) is -1.08. The van der Waals surface area contributed by atoms with Crippen LogP contribution >= 0.6 is 0 Å². The molecule has 0 bridgehead atoms. The molecule has 5 heavy (non-hydrogen) atoms. The van der Waals surface area contributed by atoms with Crippen LogP contribution in [0.25, 0.3) is 0 Å². The minimum Gasteiger partial charge on any atom is -0.481 e. The van der Waals surface area contributed by atoms with Crippen LogP contribution in [0.5, 0.6) is 0 Å². The Balaban J connectivity index is 0. The molecule has 2 nitrogen and oxygen atoms in total. The molecule has 2 radical (unpaired) electrons. The Morgan fingerprint density at radius 2 is 1.80 bits per heavy atom. The molecule has 0 aromatic rings. The van der Waals surface area contributed by atoms with Crippen molar-refractivity contribution in [3.8, 4) is 0 Å². The molecule has 0 saturated carbocycles. The van der Waals surface area contributed by atoms with Gasteiger partial charge < -0.3 is 5.11 Å². The van der Waals surface area contributed by atoms with Crippen molar-refractivity contribution in [3.63, 3.8) is 0 Å². The summed E-state index contributed by atoms with van der Waals surface area (Å²) in [5.41, 5.74) is 0. The maximum absolute atomic E-state index is 8.89. The third-order valence-corrected chi connectivity index (χ3v) is 0. The van der Waals surface area contributed by atoms with Crippen molar-refractivity contribution in [1.29, 1.82) is 0 Å². The summed E-state index contributed by atoms with van der Waals surface area (Å²) in [7, 11) is 0. The van der Waals surface area contributed by atoms with Gasteiger partial charge in [0.05, 0.1) is 6.92 Å². The summed E-state index contributed by atoms with van der Waals surface area (Å²) in [4.78, 5) is 8.89. The zero-order valence-electron chi connectivity index (χ0n) is 2.36. The topological polar surface area (TPSA) is 37.3 Å². The van der Waals surface area contributed by atoms with Crippen molar-refractivity contribution in [3.05, 3.63) is 6.92 Å². The fourth-order valence-electron chi connectivity index (χ4n) is 0. The van der Waals surface area contributed by atoms with Crippen molar-refractivity contribution in [2.75, 3.05) is 0 Å². The maximum atomic E-state index is 8.89. The molecule has 0 aliphatic heterocycles. The number of carboxylic acid groups (broad SMARTS) is 1. The van der Waals surface area contributed by atoms with E-state index in [9.17, 15) is 0 Å². The normalized spacial score (nSPS) is 5.00. The fraction of sp³-hybridized carbons (Fsp3) is 0. The van der Waals surface area contributed by atoms with Gasteiger partial charge in [-0.2, -0.15) is 0 Å². The molecule has 0 aromatic carbocycles. The van der Waals surface area contributed by atoms with Gasteiger partial charge in [0.1, 0.15) is 0 Å². The first kappa shape index (κ1) is 8.96. The van der Waals surface area contributed by atoms with E-state index in [0.717, 1.165) is 0 Å². The molecule has 3 heteroatoms. The number of rotatable bonds is 0. The van der Waals surface area contributed by atoms with Gasteiger partial charge in [0, 0.05) is 22.4 Å².